The smallest absolute Gasteiger partial charge is 0.370 e. The Hall–Kier alpha value is -1.30. The SMILES string of the molecule is FC(F)(F)c1cccc(NCCCNC2CC2)n1. The van der Waals surface area contributed by atoms with Gasteiger partial charge >= 0.3 is 6.18 Å². The monoisotopic (exact) mass is 259 g/mol. The number of pyridine rings is 1. The molecule has 1 saturated carbocycles. The molecule has 0 aliphatic heterocycles. The minimum absolute atomic E-state index is 0.274. The van der Waals surface area contributed by atoms with Gasteiger partial charge in [0.05, 0.1) is 0 Å². The molecule has 0 radical (unpaired) electrons. The molecule has 0 bridgehead atoms. The van der Waals surface area contributed by atoms with Gasteiger partial charge < -0.3 is 10.6 Å². The Morgan fingerprint density at radius 3 is 2.67 bits per heavy atom. The molecule has 0 aromatic carbocycles. The molecule has 2 N–H and O–H groups in total. The zero-order valence-electron chi connectivity index (χ0n) is 9.93. The summed E-state index contributed by atoms with van der Waals surface area (Å²) in [4.78, 5) is 3.53. The molecule has 0 saturated heterocycles. The van der Waals surface area contributed by atoms with Crippen molar-refractivity contribution in [2.75, 3.05) is 18.4 Å². The van der Waals surface area contributed by atoms with Crippen LogP contribution >= 0.6 is 0 Å². The molecule has 0 spiro atoms. The van der Waals surface area contributed by atoms with E-state index < -0.39 is 11.9 Å². The van der Waals surface area contributed by atoms with E-state index in [4.69, 9.17) is 0 Å². The molecular weight excluding hydrogens is 243 g/mol. The van der Waals surface area contributed by atoms with Gasteiger partial charge in [-0.05, 0) is 37.9 Å². The van der Waals surface area contributed by atoms with Crippen molar-refractivity contribution in [2.45, 2.75) is 31.5 Å². The van der Waals surface area contributed by atoms with Crippen LogP contribution in [0, 0.1) is 0 Å². The van der Waals surface area contributed by atoms with Gasteiger partial charge in [0.1, 0.15) is 11.5 Å². The Bertz CT molecular complexity index is 388. The summed E-state index contributed by atoms with van der Waals surface area (Å²) >= 11 is 0. The second-order valence-corrected chi connectivity index (χ2v) is 4.41. The van der Waals surface area contributed by atoms with Crippen molar-refractivity contribution >= 4 is 5.82 Å². The summed E-state index contributed by atoms with van der Waals surface area (Å²) in [5.41, 5.74) is -0.858. The third-order valence-electron chi connectivity index (χ3n) is 2.71. The first-order chi connectivity index (χ1) is 8.55. The molecule has 0 unspecified atom stereocenters. The highest BCUT2D eigenvalue weighted by Crippen LogP contribution is 2.28. The lowest BCUT2D eigenvalue weighted by Crippen LogP contribution is -2.20. The third-order valence-corrected chi connectivity index (χ3v) is 2.71. The highest BCUT2D eigenvalue weighted by Gasteiger charge is 2.32. The molecule has 2 rings (SSSR count). The zero-order chi connectivity index (χ0) is 13.0. The number of nitrogens with one attached hydrogen (secondary N) is 2. The van der Waals surface area contributed by atoms with E-state index in [9.17, 15) is 13.2 Å². The van der Waals surface area contributed by atoms with E-state index in [1.165, 1.54) is 18.9 Å². The van der Waals surface area contributed by atoms with Crippen molar-refractivity contribution < 1.29 is 13.2 Å². The number of nitrogens with zero attached hydrogens (tertiary/aromatic N) is 1. The maximum absolute atomic E-state index is 12.4. The van der Waals surface area contributed by atoms with E-state index >= 15 is 0 Å². The van der Waals surface area contributed by atoms with Crippen LogP contribution in [-0.2, 0) is 6.18 Å². The van der Waals surface area contributed by atoms with Crippen LogP contribution in [0.1, 0.15) is 25.0 Å². The van der Waals surface area contributed by atoms with Crippen LogP contribution in [0.25, 0.3) is 0 Å². The maximum atomic E-state index is 12.4. The average Bonchev–Trinajstić information content (AvgIpc) is 3.12. The summed E-state index contributed by atoms with van der Waals surface area (Å²) in [6.07, 6.45) is -1.04. The van der Waals surface area contributed by atoms with Crippen LogP contribution in [0.4, 0.5) is 19.0 Å². The Kier molecular flexibility index (Phi) is 4.06. The van der Waals surface area contributed by atoms with Gasteiger partial charge in [-0.15, -0.1) is 0 Å². The largest absolute Gasteiger partial charge is 0.433 e. The van der Waals surface area contributed by atoms with Crippen LogP contribution < -0.4 is 10.6 Å². The van der Waals surface area contributed by atoms with Crippen LogP contribution in [0.15, 0.2) is 18.2 Å². The summed E-state index contributed by atoms with van der Waals surface area (Å²) in [7, 11) is 0. The minimum atomic E-state index is -4.38. The molecule has 1 aliphatic carbocycles. The van der Waals surface area contributed by atoms with Gasteiger partial charge in [0.2, 0.25) is 0 Å². The van der Waals surface area contributed by atoms with Crippen molar-refractivity contribution in [1.82, 2.24) is 10.3 Å². The molecule has 0 amide bonds. The summed E-state index contributed by atoms with van der Waals surface area (Å²) in [6.45, 7) is 1.50. The van der Waals surface area contributed by atoms with Gasteiger partial charge in [-0.3, -0.25) is 0 Å². The first-order valence-corrected chi connectivity index (χ1v) is 6.07. The van der Waals surface area contributed by atoms with Crippen molar-refractivity contribution in [1.29, 1.82) is 0 Å². The Labute approximate surface area is 104 Å². The van der Waals surface area contributed by atoms with E-state index in [2.05, 4.69) is 15.6 Å². The first-order valence-electron chi connectivity index (χ1n) is 6.07. The van der Waals surface area contributed by atoms with Crippen molar-refractivity contribution in [3.05, 3.63) is 23.9 Å². The molecule has 1 aliphatic rings. The van der Waals surface area contributed by atoms with Crippen molar-refractivity contribution in [3.63, 3.8) is 0 Å². The molecule has 1 aromatic heterocycles. The third kappa shape index (κ3) is 4.18. The fraction of sp³-hybridized carbons (Fsp3) is 0.583. The van der Waals surface area contributed by atoms with Gasteiger partial charge in [0, 0.05) is 12.6 Å². The molecule has 1 fully saturated rings. The summed E-state index contributed by atoms with van der Waals surface area (Å²) < 4.78 is 37.2. The minimum Gasteiger partial charge on any atom is -0.370 e. The van der Waals surface area contributed by atoms with Crippen LogP contribution in [0.2, 0.25) is 0 Å². The number of halogens is 3. The highest BCUT2D eigenvalue weighted by molar-refractivity contribution is 5.35. The number of alkyl halides is 3. The van der Waals surface area contributed by atoms with E-state index in [0.717, 1.165) is 19.0 Å². The Balaban J connectivity index is 1.74. The Morgan fingerprint density at radius 2 is 2.00 bits per heavy atom. The quantitative estimate of drug-likeness (QED) is 0.771. The molecule has 3 nitrogen and oxygen atoms in total. The topological polar surface area (TPSA) is 37.0 Å². The number of hydrogen-bond acceptors (Lipinski definition) is 3. The predicted octanol–water partition coefficient (Wildman–Crippen LogP) is 2.65. The predicted molar refractivity (Wildman–Crippen MR) is 63.4 cm³/mol. The number of hydrogen-bond donors (Lipinski definition) is 2. The second-order valence-electron chi connectivity index (χ2n) is 4.41. The van der Waals surface area contributed by atoms with E-state index in [0.29, 0.717) is 12.6 Å². The Morgan fingerprint density at radius 1 is 1.22 bits per heavy atom. The molecule has 0 atom stereocenters. The van der Waals surface area contributed by atoms with Gasteiger partial charge in [-0.2, -0.15) is 13.2 Å². The number of rotatable bonds is 6. The first kappa shape index (κ1) is 13.1. The molecular formula is C12H16F3N3. The lowest BCUT2D eigenvalue weighted by Gasteiger charge is -2.09. The van der Waals surface area contributed by atoms with Crippen molar-refractivity contribution in [3.8, 4) is 0 Å². The van der Waals surface area contributed by atoms with Gasteiger partial charge in [-0.25, -0.2) is 4.98 Å². The number of anilines is 1. The van der Waals surface area contributed by atoms with Crippen LogP contribution in [0.5, 0.6) is 0 Å². The molecule has 18 heavy (non-hydrogen) atoms. The lowest BCUT2D eigenvalue weighted by molar-refractivity contribution is -0.141. The highest BCUT2D eigenvalue weighted by atomic mass is 19.4. The van der Waals surface area contributed by atoms with Crippen LogP contribution in [-0.4, -0.2) is 24.1 Å². The fourth-order valence-electron chi connectivity index (χ4n) is 1.59. The molecule has 1 heterocycles. The van der Waals surface area contributed by atoms with Crippen LogP contribution in [0.3, 0.4) is 0 Å². The van der Waals surface area contributed by atoms with Gasteiger partial charge in [0.25, 0.3) is 0 Å². The molecule has 6 heteroatoms. The average molecular weight is 259 g/mol. The number of aromatic nitrogens is 1. The van der Waals surface area contributed by atoms with Gasteiger partial charge in [0.15, 0.2) is 0 Å². The summed E-state index contributed by atoms with van der Waals surface area (Å²) in [5, 5.41) is 6.24. The van der Waals surface area contributed by atoms with E-state index in [1.807, 2.05) is 0 Å². The standard InChI is InChI=1S/C12H16F3N3/c13-12(14,15)10-3-1-4-11(18-10)17-8-2-7-16-9-5-6-9/h1,3-4,9,16H,2,5-8H2,(H,17,18). The lowest BCUT2D eigenvalue weighted by atomic mass is 10.3. The summed E-state index contributed by atoms with van der Waals surface area (Å²) in [6, 6.07) is 4.54. The molecule has 100 valence electrons. The second kappa shape index (κ2) is 5.56. The van der Waals surface area contributed by atoms with E-state index in [1.54, 1.807) is 6.07 Å². The summed E-state index contributed by atoms with van der Waals surface area (Å²) in [5.74, 6) is 0.274. The zero-order valence-corrected chi connectivity index (χ0v) is 9.93. The van der Waals surface area contributed by atoms with E-state index in [-0.39, 0.29) is 5.82 Å². The maximum Gasteiger partial charge on any atom is 0.433 e. The fourth-order valence-corrected chi connectivity index (χ4v) is 1.59. The molecule has 1 aromatic rings. The van der Waals surface area contributed by atoms with Crippen molar-refractivity contribution in [2.24, 2.45) is 0 Å². The normalized spacial score (nSPS) is 15.7. The van der Waals surface area contributed by atoms with Gasteiger partial charge in [-0.1, -0.05) is 6.07 Å².